The molecule has 0 saturated carbocycles. The lowest BCUT2D eigenvalue weighted by Gasteiger charge is -2.35. The minimum Gasteiger partial charge on any atom is -0.492 e. The van der Waals surface area contributed by atoms with Crippen LogP contribution < -0.4 is 10.1 Å². The van der Waals surface area contributed by atoms with E-state index < -0.39 is 5.67 Å². The first kappa shape index (κ1) is 32.0. The molecule has 0 bridgehead atoms. The maximum atomic E-state index is 15.0. The predicted molar refractivity (Wildman–Crippen MR) is 158 cm³/mol. The molecular formula is C33H47F3N2O2. The molecule has 3 aromatic rings. The third kappa shape index (κ3) is 9.00. The second-order valence-electron chi connectivity index (χ2n) is 11.6. The highest BCUT2D eigenvalue weighted by molar-refractivity contribution is 5.85. The molecule has 2 heterocycles. The van der Waals surface area contributed by atoms with Gasteiger partial charge in [-0.3, -0.25) is 4.39 Å². The smallest absolute Gasteiger partial charge is 0.157 e. The number of aromatic amines is 1. The molecule has 1 fully saturated rings. The van der Waals surface area contributed by atoms with Crippen molar-refractivity contribution in [1.29, 1.82) is 0 Å². The van der Waals surface area contributed by atoms with Crippen molar-refractivity contribution < 1.29 is 22.6 Å². The van der Waals surface area contributed by atoms with Gasteiger partial charge in [0.05, 0.1) is 19.9 Å². The molecule has 0 spiro atoms. The third-order valence-corrected chi connectivity index (χ3v) is 7.50. The summed E-state index contributed by atoms with van der Waals surface area (Å²) >= 11 is 0. The van der Waals surface area contributed by atoms with Crippen LogP contribution in [0.15, 0.2) is 42.5 Å². The van der Waals surface area contributed by atoms with Crippen LogP contribution in [0.4, 0.5) is 13.2 Å². The number of halogens is 3. The molecule has 4 nitrogen and oxygen atoms in total. The molecule has 2 atom stereocenters. The van der Waals surface area contributed by atoms with Gasteiger partial charge in [0, 0.05) is 35.1 Å². The molecule has 7 heteroatoms. The van der Waals surface area contributed by atoms with E-state index in [2.05, 4.69) is 50.1 Å². The SMILES string of the molecule is CC(C)Cc1c(C(C)c2ccc(OCCNCCCF)cc2F)[nH]c2ccccc12.CCC(C)CC1(F)COC1. The Balaban J connectivity index is 0.000000371. The van der Waals surface area contributed by atoms with Crippen molar-refractivity contribution in [3.05, 3.63) is 65.1 Å². The number of hydrogen-bond acceptors (Lipinski definition) is 3. The van der Waals surface area contributed by atoms with Gasteiger partial charge in [-0.05, 0) is 60.9 Å². The summed E-state index contributed by atoms with van der Waals surface area (Å²) in [6, 6.07) is 13.4. The predicted octanol–water partition coefficient (Wildman–Crippen LogP) is 8.15. The summed E-state index contributed by atoms with van der Waals surface area (Å²) in [7, 11) is 0. The van der Waals surface area contributed by atoms with Crippen molar-refractivity contribution in [1.82, 2.24) is 10.3 Å². The van der Waals surface area contributed by atoms with E-state index >= 15 is 0 Å². The normalized spacial score (nSPS) is 15.8. The number of fused-ring (bicyclic) bond motifs is 1. The molecule has 4 rings (SSSR count). The van der Waals surface area contributed by atoms with Crippen LogP contribution in [-0.4, -0.2) is 50.2 Å². The Bertz CT molecular complexity index is 1180. The highest BCUT2D eigenvalue weighted by Crippen LogP contribution is 2.35. The lowest BCUT2D eigenvalue weighted by Crippen LogP contribution is -2.46. The molecule has 1 aliphatic heterocycles. The Morgan fingerprint density at radius 3 is 2.45 bits per heavy atom. The average molecular weight is 561 g/mol. The standard InChI is InChI=1S/C25H32F2N2O.C8H15FO/c1-17(2)15-22-21-7-4-5-8-24(21)29-25(22)18(3)20-10-9-19(16-23(20)27)30-14-13-28-12-6-11-26;1-3-7(2)4-8(9)5-10-6-8/h4-5,7-10,16-18,28-29H,6,11-15H2,1-3H3;7H,3-6H2,1-2H3. The Morgan fingerprint density at radius 1 is 1.07 bits per heavy atom. The molecule has 0 aliphatic carbocycles. The Labute approximate surface area is 238 Å². The maximum absolute atomic E-state index is 15.0. The minimum atomic E-state index is -0.977. The lowest BCUT2D eigenvalue weighted by molar-refractivity contribution is -0.139. The van der Waals surface area contributed by atoms with Gasteiger partial charge in [-0.15, -0.1) is 0 Å². The van der Waals surface area contributed by atoms with E-state index in [-0.39, 0.29) is 18.4 Å². The molecule has 222 valence electrons. The van der Waals surface area contributed by atoms with E-state index in [1.54, 1.807) is 0 Å². The van der Waals surface area contributed by atoms with E-state index in [4.69, 9.17) is 9.47 Å². The fourth-order valence-corrected chi connectivity index (χ4v) is 5.09. The number of nitrogens with one attached hydrogen (secondary N) is 2. The van der Waals surface area contributed by atoms with Crippen LogP contribution in [0.1, 0.15) is 76.6 Å². The zero-order chi connectivity index (χ0) is 29.1. The summed E-state index contributed by atoms with van der Waals surface area (Å²) < 4.78 is 50.7. The largest absolute Gasteiger partial charge is 0.492 e. The van der Waals surface area contributed by atoms with Gasteiger partial charge < -0.3 is 19.8 Å². The summed E-state index contributed by atoms with van der Waals surface area (Å²) in [4.78, 5) is 3.54. The second kappa shape index (κ2) is 15.5. The van der Waals surface area contributed by atoms with E-state index in [9.17, 15) is 13.2 Å². The topological polar surface area (TPSA) is 46.3 Å². The monoisotopic (exact) mass is 560 g/mol. The molecule has 0 radical (unpaired) electrons. The number of H-pyrrole nitrogens is 1. The van der Waals surface area contributed by atoms with Crippen LogP contribution in [0, 0.1) is 17.7 Å². The third-order valence-electron chi connectivity index (χ3n) is 7.50. The summed E-state index contributed by atoms with van der Waals surface area (Å²) in [5.41, 5.74) is 3.12. The Hall–Kier alpha value is -2.51. The highest BCUT2D eigenvalue weighted by atomic mass is 19.1. The first-order valence-corrected chi connectivity index (χ1v) is 14.7. The van der Waals surface area contributed by atoms with Crippen molar-refractivity contribution >= 4 is 10.9 Å². The van der Waals surface area contributed by atoms with Crippen LogP contribution in [0.25, 0.3) is 10.9 Å². The fraction of sp³-hybridized carbons (Fsp3) is 0.576. The van der Waals surface area contributed by atoms with Gasteiger partial charge in [0.2, 0.25) is 0 Å². The average Bonchev–Trinajstić information content (AvgIpc) is 3.27. The number of ether oxygens (including phenoxy) is 2. The van der Waals surface area contributed by atoms with Crippen molar-refractivity contribution in [2.24, 2.45) is 11.8 Å². The van der Waals surface area contributed by atoms with Gasteiger partial charge >= 0.3 is 0 Å². The van der Waals surface area contributed by atoms with E-state index in [0.29, 0.717) is 68.9 Å². The van der Waals surface area contributed by atoms with E-state index in [1.807, 2.05) is 31.2 Å². The van der Waals surface area contributed by atoms with Gasteiger partial charge in [-0.25, -0.2) is 8.78 Å². The van der Waals surface area contributed by atoms with Crippen molar-refractivity contribution in [2.45, 2.75) is 71.9 Å². The Kier molecular flexibility index (Phi) is 12.4. The Morgan fingerprint density at radius 2 is 1.82 bits per heavy atom. The van der Waals surface area contributed by atoms with Crippen LogP contribution in [0.5, 0.6) is 5.75 Å². The van der Waals surface area contributed by atoms with Crippen LogP contribution in [0.3, 0.4) is 0 Å². The van der Waals surface area contributed by atoms with Crippen molar-refractivity contribution in [3.63, 3.8) is 0 Å². The molecular weight excluding hydrogens is 513 g/mol. The first-order chi connectivity index (χ1) is 19.2. The zero-order valence-corrected chi connectivity index (χ0v) is 24.8. The molecule has 1 saturated heterocycles. The van der Waals surface area contributed by atoms with Crippen molar-refractivity contribution in [3.8, 4) is 5.75 Å². The van der Waals surface area contributed by atoms with Gasteiger partial charge in [-0.2, -0.15) is 0 Å². The second-order valence-corrected chi connectivity index (χ2v) is 11.6. The van der Waals surface area contributed by atoms with Crippen LogP contribution in [-0.2, 0) is 11.2 Å². The van der Waals surface area contributed by atoms with Gasteiger partial charge in [0.25, 0.3) is 0 Å². The summed E-state index contributed by atoms with van der Waals surface area (Å²) in [6.45, 7) is 12.6. The van der Waals surface area contributed by atoms with E-state index in [1.165, 1.54) is 17.0 Å². The highest BCUT2D eigenvalue weighted by Gasteiger charge is 2.39. The van der Waals surface area contributed by atoms with Crippen molar-refractivity contribution in [2.75, 3.05) is 39.6 Å². The number of para-hydroxylation sites is 1. The van der Waals surface area contributed by atoms with Gasteiger partial charge in [0.15, 0.2) is 5.67 Å². The molecule has 2 N–H and O–H groups in total. The quantitative estimate of drug-likeness (QED) is 0.196. The summed E-state index contributed by atoms with van der Waals surface area (Å²) in [5, 5.41) is 4.31. The fourth-order valence-electron chi connectivity index (χ4n) is 5.09. The molecule has 2 aromatic carbocycles. The number of alkyl halides is 2. The molecule has 2 unspecified atom stereocenters. The number of benzene rings is 2. The lowest BCUT2D eigenvalue weighted by atomic mass is 9.90. The van der Waals surface area contributed by atoms with Gasteiger partial charge in [0.1, 0.15) is 18.2 Å². The summed E-state index contributed by atoms with van der Waals surface area (Å²) in [6.07, 6.45) is 3.17. The molecule has 1 aliphatic rings. The van der Waals surface area contributed by atoms with Gasteiger partial charge in [-0.1, -0.05) is 65.3 Å². The number of hydrogen-bond donors (Lipinski definition) is 2. The van der Waals surface area contributed by atoms with E-state index in [0.717, 1.165) is 24.1 Å². The molecule has 40 heavy (non-hydrogen) atoms. The first-order valence-electron chi connectivity index (χ1n) is 14.7. The zero-order valence-electron chi connectivity index (χ0n) is 24.8. The minimum absolute atomic E-state index is 0.0948. The molecule has 1 aromatic heterocycles. The number of aromatic nitrogens is 1. The summed E-state index contributed by atoms with van der Waals surface area (Å²) in [5.74, 6) is 1.15. The number of rotatable bonds is 14. The van der Waals surface area contributed by atoms with Crippen LogP contribution >= 0.6 is 0 Å². The maximum Gasteiger partial charge on any atom is 0.157 e. The molecule has 0 amide bonds. The van der Waals surface area contributed by atoms with Crippen LogP contribution in [0.2, 0.25) is 0 Å².